The topological polar surface area (TPSA) is 12.0 Å². The third kappa shape index (κ3) is 2.57. The summed E-state index contributed by atoms with van der Waals surface area (Å²) in [5, 5.41) is 3.02. The van der Waals surface area contributed by atoms with Gasteiger partial charge in [-0.05, 0) is 37.7 Å². The van der Waals surface area contributed by atoms with Crippen LogP contribution in [0.5, 0.6) is 0 Å². The van der Waals surface area contributed by atoms with Gasteiger partial charge in [-0.1, -0.05) is 29.8 Å². The highest BCUT2D eigenvalue weighted by Gasteiger charge is 2.16. The van der Waals surface area contributed by atoms with Crippen molar-refractivity contribution in [3.8, 4) is 0 Å². The van der Waals surface area contributed by atoms with Crippen molar-refractivity contribution < 1.29 is 8.78 Å². The highest BCUT2D eigenvalue weighted by atomic mass is 19.1. The Morgan fingerprint density at radius 1 is 1.06 bits per heavy atom. The van der Waals surface area contributed by atoms with E-state index in [9.17, 15) is 8.78 Å². The van der Waals surface area contributed by atoms with Crippen molar-refractivity contribution in [3.63, 3.8) is 0 Å². The van der Waals surface area contributed by atoms with Crippen LogP contribution in [0.1, 0.15) is 22.7 Å². The molecule has 2 rings (SSSR count). The number of aryl methyl sites for hydroxylation is 1. The second-order valence-electron chi connectivity index (χ2n) is 4.30. The molecule has 1 atom stereocenters. The van der Waals surface area contributed by atoms with Gasteiger partial charge in [-0.2, -0.15) is 0 Å². The quantitative estimate of drug-likeness (QED) is 0.874. The fourth-order valence-electron chi connectivity index (χ4n) is 2.09. The maximum Gasteiger partial charge on any atom is 0.128 e. The smallest absolute Gasteiger partial charge is 0.128 e. The molecule has 0 heterocycles. The van der Waals surface area contributed by atoms with Crippen molar-refractivity contribution in [2.75, 3.05) is 7.05 Å². The Labute approximate surface area is 105 Å². The van der Waals surface area contributed by atoms with Gasteiger partial charge < -0.3 is 5.32 Å². The van der Waals surface area contributed by atoms with Gasteiger partial charge in [0.2, 0.25) is 0 Å². The van der Waals surface area contributed by atoms with Gasteiger partial charge in [-0.25, -0.2) is 8.78 Å². The van der Waals surface area contributed by atoms with Gasteiger partial charge in [0, 0.05) is 5.56 Å². The van der Waals surface area contributed by atoms with Crippen molar-refractivity contribution in [3.05, 3.63) is 70.8 Å². The van der Waals surface area contributed by atoms with E-state index in [0.29, 0.717) is 5.56 Å². The Hall–Kier alpha value is -1.74. The third-order valence-electron chi connectivity index (χ3n) is 2.93. The van der Waals surface area contributed by atoms with Gasteiger partial charge >= 0.3 is 0 Å². The van der Waals surface area contributed by atoms with Crippen molar-refractivity contribution in [2.24, 2.45) is 0 Å². The fourth-order valence-corrected chi connectivity index (χ4v) is 2.09. The summed E-state index contributed by atoms with van der Waals surface area (Å²) in [7, 11) is 1.73. The molecule has 0 aliphatic carbocycles. The molecule has 0 amide bonds. The van der Waals surface area contributed by atoms with Gasteiger partial charge in [-0.15, -0.1) is 0 Å². The number of hydrogen-bond acceptors (Lipinski definition) is 1. The molecule has 0 aliphatic rings. The molecule has 1 unspecified atom stereocenters. The van der Waals surface area contributed by atoms with Crippen molar-refractivity contribution in [1.29, 1.82) is 0 Å². The first-order valence-electron chi connectivity index (χ1n) is 5.80. The Bertz CT molecular complexity index is 552. The number of halogens is 2. The van der Waals surface area contributed by atoms with Crippen molar-refractivity contribution in [1.82, 2.24) is 5.32 Å². The van der Waals surface area contributed by atoms with Crippen LogP contribution in [0.2, 0.25) is 0 Å². The molecule has 0 fully saturated rings. The molecule has 0 spiro atoms. The second kappa shape index (κ2) is 5.27. The minimum absolute atomic E-state index is 0.322. The van der Waals surface area contributed by atoms with Gasteiger partial charge in [0.25, 0.3) is 0 Å². The van der Waals surface area contributed by atoms with Crippen LogP contribution in [0.3, 0.4) is 0 Å². The van der Waals surface area contributed by atoms with Crippen molar-refractivity contribution in [2.45, 2.75) is 13.0 Å². The van der Waals surface area contributed by atoms with Crippen LogP contribution in [0.4, 0.5) is 8.78 Å². The van der Waals surface area contributed by atoms with E-state index >= 15 is 0 Å². The van der Waals surface area contributed by atoms with Gasteiger partial charge in [0.15, 0.2) is 0 Å². The molecular weight excluding hydrogens is 232 g/mol. The highest BCUT2D eigenvalue weighted by molar-refractivity contribution is 5.34. The molecule has 2 aromatic carbocycles. The molecule has 3 heteroatoms. The molecular formula is C15H15F2N. The number of rotatable bonds is 3. The summed E-state index contributed by atoms with van der Waals surface area (Å²) >= 11 is 0. The van der Waals surface area contributed by atoms with Crippen LogP contribution in [0, 0.1) is 18.6 Å². The molecule has 0 aliphatic heterocycles. The number of benzene rings is 2. The molecule has 2 aromatic rings. The molecule has 0 aromatic heterocycles. The zero-order valence-electron chi connectivity index (χ0n) is 10.4. The van der Waals surface area contributed by atoms with E-state index in [2.05, 4.69) is 5.32 Å². The number of nitrogens with one attached hydrogen (secondary N) is 1. The van der Waals surface area contributed by atoms with E-state index in [0.717, 1.165) is 23.3 Å². The molecule has 0 radical (unpaired) electrons. The van der Waals surface area contributed by atoms with Crippen LogP contribution in [-0.2, 0) is 0 Å². The first-order valence-corrected chi connectivity index (χ1v) is 5.80. The predicted octanol–water partition coefficient (Wildman–Crippen LogP) is 3.58. The van der Waals surface area contributed by atoms with Crippen molar-refractivity contribution >= 4 is 0 Å². The lowest BCUT2D eigenvalue weighted by atomic mass is 9.97. The molecule has 0 saturated carbocycles. The zero-order valence-corrected chi connectivity index (χ0v) is 10.4. The number of hydrogen-bond donors (Lipinski definition) is 1. The third-order valence-corrected chi connectivity index (χ3v) is 2.93. The standard InChI is InChI=1S/C15H15F2N/c1-10-4-3-5-11(8-10)15(18-2)13-9-12(16)6-7-14(13)17/h3-9,15,18H,1-2H3. The van der Waals surface area contributed by atoms with E-state index in [1.807, 2.05) is 31.2 Å². The maximum atomic E-state index is 13.8. The van der Waals surface area contributed by atoms with Gasteiger partial charge in [0.05, 0.1) is 6.04 Å². The fraction of sp³-hybridized carbons (Fsp3) is 0.200. The van der Waals surface area contributed by atoms with Crippen LogP contribution in [0.25, 0.3) is 0 Å². The van der Waals surface area contributed by atoms with Gasteiger partial charge in [0.1, 0.15) is 11.6 Å². The molecule has 0 saturated heterocycles. The van der Waals surface area contributed by atoms with E-state index in [1.54, 1.807) is 7.05 Å². The van der Waals surface area contributed by atoms with E-state index < -0.39 is 11.6 Å². The summed E-state index contributed by atoms with van der Waals surface area (Å²) in [5.74, 6) is -0.837. The Morgan fingerprint density at radius 3 is 2.50 bits per heavy atom. The lowest BCUT2D eigenvalue weighted by molar-refractivity contribution is 0.558. The minimum atomic E-state index is -0.431. The summed E-state index contributed by atoms with van der Waals surface area (Å²) in [5.41, 5.74) is 2.33. The predicted molar refractivity (Wildman–Crippen MR) is 68.4 cm³/mol. The van der Waals surface area contributed by atoms with Gasteiger partial charge in [-0.3, -0.25) is 0 Å². The average Bonchev–Trinajstić information content (AvgIpc) is 2.35. The minimum Gasteiger partial charge on any atom is -0.309 e. The zero-order chi connectivity index (χ0) is 13.1. The van der Waals surface area contributed by atoms with E-state index in [4.69, 9.17) is 0 Å². The molecule has 1 nitrogen and oxygen atoms in total. The largest absolute Gasteiger partial charge is 0.309 e. The van der Waals surface area contributed by atoms with E-state index in [-0.39, 0.29) is 6.04 Å². The molecule has 0 bridgehead atoms. The second-order valence-corrected chi connectivity index (χ2v) is 4.30. The lowest BCUT2D eigenvalue weighted by Crippen LogP contribution is -2.19. The molecule has 18 heavy (non-hydrogen) atoms. The average molecular weight is 247 g/mol. The summed E-state index contributed by atoms with van der Waals surface area (Å²) in [4.78, 5) is 0. The van der Waals surface area contributed by atoms with Crippen LogP contribution in [0.15, 0.2) is 42.5 Å². The van der Waals surface area contributed by atoms with Crippen LogP contribution in [-0.4, -0.2) is 7.05 Å². The Balaban J connectivity index is 2.48. The Kier molecular flexibility index (Phi) is 3.72. The summed E-state index contributed by atoms with van der Waals surface area (Å²) in [6.45, 7) is 1.97. The van der Waals surface area contributed by atoms with E-state index in [1.165, 1.54) is 6.07 Å². The van der Waals surface area contributed by atoms with Crippen LogP contribution < -0.4 is 5.32 Å². The highest BCUT2D eigenvalue weighted by Crippen LogP contribution is 2.25. The summed E-state index contributed by atoms with van der Waals surface area (Å²) < 4.78 is 27.0. The first-order chi connectivity index (χ1) is 8.61. The monoisotopic (exact) mass is 247 g/mol. The van der Waals surface area contributed by atoms with Crippen LogP contribution >= 0.6 is 0 Å². The molecule has 94 valence electrons. The summed E-state index contributed by atoms with van der Waals surface area (Å²) in [6.07, 6.45) is 0. The molecule has 1 N–H and O–H groups in total. The first kappa shape index (κ1) is 12.7. The lowest BCUT2D eigenvalue weighted by Gasteiger charge is -2.18. The normalized spacial score (nSPS) is 12.4. The Morgan fingerprint density at radius 2 is 1.83 bits per heavy atom. The SMILES string of the molecule is CNC(c1cccc(C)c1)c1cc(F)ccc1F. The maximum absolute atomic E-state index is 13.8. The summed E-state index contributed by atoms with van der Waals surface area (Å²) in [6, 6.07) is 10.9.